The molecule has 0 saturated carbocycles. The largest absolute Gasteiger partial charge is 0.354 e. The summed E-state index contributed by atoms with van der Waals surface area (Å²) in [6, 6.07) is 14.6. The van der Waals surface area contributed by atoms with Crippen LogP contribution in [0.15, 0.2) is 48.5 Å². The summed E-state index contributed by atoms with van der Waals surface area (Å²) < 4.78 is 0. The highest BCUT2D eigenvalue weighted by Gasteiger charge is 2.28. The quantitative estimate of drug-likeness (QED) is 0.577. The Balaban J connectivity index is 2.23. The first-order valence-electron chi connectivity index (χ1n) is 10.0. The van der Waals surface area contributed by atoms with E-state index >= 15 is 0 Å². The molecule has 0 aliphatic rings. The molecule has 0 unspecified atom stereocenters. The van der Waals surface area contributed by atoms with Crippen molar-refractivity contribution in [2.45, 2.75) is 45.6 Å². The number of amides is 2. The first-order chi connectivity index (χ1) is 14.0. The molecule has 0 heterocycles. The van der Waals surface area contributed by atoms with Crippen molar-refractivity contribution >= 4 is 35.0 Å². The molecular weight excluding hydrogens is 407 g/mol. The average molecular weight is 435 g/mol. The second-order valence-corrected chi connectivity index (χ2v) is 7.73. The van der Waals surface area contributed by atoms with E-state index in [1.165, 1.54) is 0 Å². The van der Waals surface area contributed by atoms with E-state index in [1.54, 1.807) is 23.1 Å². The molecule has 0 aromatic heterocycles. The molecule has 0 radical (unpaired) electrons. The third-order valence-electron chi connectivity index (χ3n) is 4.81. The van der Waals surface area contributed by atoms with Crippen molar-refractivity contribution in [3.8, 4) is 0 Å². The predicted octanol–water partition coefficient (Wildman–Crippen LogP) is 4.91. The molecule has 2 aromatic rings. The summed E-state index contributed by atoms with van der Waals surface area (Å²) in [5.41, 5.74) is 1.71. The zero-order valence-corrected chi connectivity index (χ0v) is 18.5. The second-order valence-electron chi connectivity index (χ2n) is 6.91. The highest BCUT2D eigenvalue weighted by molar-refractivity contribution is 6.36. The molecule has 29 heavy (non-hydrogen) atoms. The lowest BCUT2D eigenvalue weighted by molar-refractivity contribution is -0.140. The fraction of sp³-hybridized carbons (Fsp3) is 0.391. The van der Waals surface area contributed by atoms with Crippen LogP contribution in [0, 0.1) is 0 Å². The van der Waals surface area contributed by atoms with Crippen LogP contribution in [0.2, 0.25) is 10.0 Å². The zero-order valence-electron chi connectivity index (χ0n) is 17.0. The van der Waals surface area contributed by atoms with Crippen LogP contribution < -0.4 is 5.32 Å². The molecule has 0 fully saturated rings. The minimum atomic E-state index is -0.529. The summed E-state index contributed by atoms with van der Waals surface area (Å²) in [4.78, 5) is 27.6. The number of carbonyl (C=O) groups is 2. The molecule has 2 rings (SSSR count). The van der Waals surface area contributed by atoms with Gasteiger partial charge in [-0.25, -0.2) is 0 Å². The van der Waals surface area contributed by atoms with Gasteiger partial charge in [0.25, 0.3) is 0 Å². The van der Waals surface area contributed by atoms with Gasteiger partial charge in [-0.05, 0) is 42.5 Å². The Kier molecular flexibility index (Phi) is 9.49. The molecule has 1 atom stereocenters. The molecule has 6 heteroatoms. The van der Waals surface area contributed by atoms with Crippen molar-refractivity contribution in [3.63, 3.8) is 0 Å². The number of nitrogens with zero attached hydrogens (tertiary/aromatic N) is 1. The van der Waals surface area contributed by atoms with E-state index in [-0.39, 0.29) is 18.2 Å². The van der Waals surface area contributed by atoms with Gasteiger partial charge in [0.1, 0.15) is 6.04 Å². The molecule has 0 spiro atoms. The molecule has 2 amide bonds. The summed E-state index contributed by atoms with van der Waals surface area (Å²) in [5, 5.41) is 3.83. The van der Waals surface area contributed by atoms with Crippen LogP contribution in [0.5, 0.6) is 0 Å². The van der Waals surface area contributed by atoms with Gasteiger partial charge in [0.2, 0.25) is 11.8 Å². The van der Waals surface area contributed by atoms with E-state index in [2.05, 4.69) is 5.32 Å². The van der Waals surface area contributed by atoms with Gasteiger partial charge < -0.3 is 10.2 Å². The van der Waals surface area contributed by atoms with Gasteiger partial charge in [0, 0.05) is 23.1 Å². The molecule has 1 N–H and O–H groups in total. The van der Waals surface area contributed by atoms with E-state index in [4.69, 9.17) is 23.2 Å². The molecule has 0 aliphatic carbocycles. The molecule has 156 valence electrons. The highest BCUT2D eigenvalue weighted by Crippen LogP contribution is 2.25. The number of rotatable bonds is 10. The van der Waals surface area contributed by atoms with Crippen LogP contribution in [0.25, 0.3) is 0 Å². The van der Waals surface area contributed by atoms with E-state index in [9.17, 15) is 9.59 Å². The maximum absolute atomic E-state index is 13.2. The van der Waals surface area contributed by atoms with Gasteiger partial charge in [-0.2, -0.15) is 0 Å². The van der Waals surface area contributed by atoms with Gasteiger partial charge in [-0.1, -0.05) is 73.4 Å². The Morgan fingerprint density at radius 2 is 1.66 bits per heavy atom. The normalized spacial score (nSPS) is 11.7. The summed E-state index contributed by atoms with van der Waals surface area (Å²) >= 11 is 12.5. The van der Waals surface area contributed by atoms with Crippen molar-refractivity contribution in [2.24, 2.45) is 0 Å². The lowest BCUT2D eigenvalue weighted by atomic mass is 10.1. The number of nitrogens with one attached hydrogen (secondary N) is 1. The standard InChI is InChI=1S/C23H28Cl2N2O2/c1-3-14-26-23(29)21(4-2)27(15-13-17-9-6-5-7-10-17)22(28)16-18-19(24)11-8-12-20(18)25/h5-12,21H,3-4,13-16H2,1-2H3,(H,26,29)/t21-/m0/s1. The van der Waals surface area contributed by atoms with Crippen molar-refractivity contribution in [3.05, 3.63) is 69.7 Å². The fourth-order valence-electron chi connectivity index (χ4n) is 3.22. The summed E-state index contributed by atoms with van der Waals surface area (Å²) in [6.45, 7) is 4.95. The minimum Gasteiger partial charge on any atom is -0.354 e. The Hall–Kier alpha value is -2.04. The highest BCUT2D eigenvalue weighted by atomic mass is 35.5. The first kappa shape index (κ1) is 23.2. The number of benzene rings is 2. The van der Waals surface area contributed by atoms with E-state index in [1.807, 2.05) is 44.2 Å². The van der Waals surface area contributed by atoms with Crippen molar-refractivity contribution in [1.29, 1.82) is 0 Å². The lowest BCUT2D eigenvalue weighted by Crippen LogP contribution is -2.50. The van der Waals surface area contributed by atoms with Crippen LogP contribution in [0.1, 0.15) is 37.8 Å². The smallest absolute Gasteiger partial charge is 0.242 e. The average Bonchev–Trinajstić information content (AvgIpc) is 2.72. The lowest BCUT2D eigenvalue weighted by Gasteiger charge is -2.31. The fourth-order valence-corrected chi connectivity index (χ4v) is 3.75. The van der Waals surface area contributed by atoms with Crippen molar-refractivity contribution in [2.75, 3.05) is 13.1 Å². The first-order valence-corrected chi connectivity index (χ1v) is 10.8. The Bertz CT molecular complexity index is 792. The Labute approximate surface area is 183 Å². The number of carbonyl (C=O) groups excluding carboxylic acids is 2. The summed E-state index contributed by atoms with van der Waals surface area (Å²) in [5.74, 6) is -0.282. The third-order valence-corrected chi connectivity index (χ3v) is 5.52. The van der Waals surface area contributed by atoms with Gasteiger partial charge in [0.05, 0.1) is 6.42 Å². The maximum Gasteiger partial charge on any atom is 0.242 e. The Morgan fingerprint density at radius 1 is 1.00 bits per heavy atom. The molecule has 0 saturated heterocycles. The topological polar surface area (TPSA) is 49.4 Å². The van der Waals surface area contributed by atoms with Crippen LogP contribution >= 0.6 is 23.2 Å². The number of halogens is 2. The maximum atomic E-state index is 13.2. The van der Waals surface area contributed by atoms with Gasteiger partial charge in [-0.3, -0.25) is 9.59 Å². The van der Waals surface area contributed by atoms with E-state index in [0.717, 1.165) is 12.0 Å². The molecule has 4 nitrogen and oxygen atoms in total. The van der Waals surface area contributed by atoms with Crippen LogP contribution in [-0.2, 0) is 22.4 Å². The SMILES string of the molecule is CCCNC(=O)[C@H](CC)N(CCc1ccccc1)C(=O)Cc1c(Cl)cccc1Cl. The van der Waals surface area contributed by atoms with E-state index in [0.29, 0.717) is 41.5 Å². The third kappa shape index (κ3) is 6.76. The molecule has 2 aromatic carbocycles. The van der Waals surface area contributed by atoms with Gasteiger partial charge >= 0.3 is 0 Å². The van der Waals surface area contributed by atoms with Crippen molar-refractivity contribution in [1.82, 2.24) is 10.2 Å². The zero-order chi connectivity index (χ0) is 21.2. The number of hydrogen-bond acceptors (Lipinski definition) is 2. The molecular formula is C23H28Cl2N2O2. The number of hydrogen-bond donors (Lipinski definition) is 1. The van der Waals surface area contributed by atoms with Crippen LogP contribution in [-0.4, -0.2) is 35.8 Å². The molecule has 0 aliphatic heterocycles. The van der Waals surface area contributed by atoms with Crippen molar-refractivity contribution < 1.29 is 9.59 Å². The molecule has 0 bridgehead atoms. The summed E-state index contributed by atoms with van der Waals surface area (Å²) in [7, 11) is 0. The van der Waals surface area contributed by atoms with Gasteiger partial charge in [-0.15, -0.1) is 0 Å². The van der Waals surface area contributed by atoms with Crippen LogP contribution in [0.4, 0.5) is 0 Å². The van der Waals surface area contributed by atoms with Crippen LogP contribution in [0.3, 0.4) is 0 Å². The summed E-state index contributed by atoms with van der Waals surface area (Å²) in [6.07, 6.45) is 2.10. The monoisotopic (exact) mass is 434 g/mol. The van der Waals surface area contributed by atoms with E-state index < -0.39 is 6.04 Å². The predicted molar refractivity (Wildman–Crippen MR) is 119 cm³/mol. The minimum absolute atomic E-state index is 0.0604. The Morgan fingerprint density at radius 3 is 2.24 bits per heavy atom. The second kappa shape index (κ2) is 11.8. The van der Waals surface area contributed by atoms with Gasteiger partial charge in [0.15, 0.2) is 0 Å².